The molecule has 0 heterocycles. The van der Waals surface area contributed by atoms with E-state index < -0.39 is 11.1 Å². The first-order valence-corrected chi connectivity index (χ1v) is 4.85. The molecule has 86 valence electrons. The van der Waals surface area contributed by atoms with E-state index in [-0.39, 0.29) is 11.7 Å². The Morgan fingerprint density at radius 1 is 1.62 bits per heavy atom. The first kappa shape index (κ1) is 10.8. The van der Waals surface area contributed by atoms with E-state index in [9.17, 15) is 14.5 Å². The number of non-ortho nitro benzene ring substituents is 1. The second-order valence-corrected chi connectivity index (χ2v) is 3.60. The molecule has 6 heteroatoms. The molecule has 1 aliphatic carbocycles. The second-order valence-electron chi connectivity index (χ2n) is 3.60. The molecule has 2 unspecified atom stereocenters. The summed E-state index contributed by atoms with van der Waals surface area (Å²) in [5.41, 5.74) is 0.470. The van der Waals surface area contributed by atoms with Crippen LogP contribution >= 0.6 is 0 Å². The molecule has 0 aromatic heterocycles. The van der Waals surface area contributed by atoms with Gasteiger partial charge in [-0.25, -0.2) is 9.45 Å². The van der Waals surface area contributed by atoms with Gasteiger partial charge in [0.1, 0.15) is 6.17 Å². The molecule has 0 radical (unpaired) electrons. The normalized spacial score (nSPS) is 22.9. The summed E-state index contributed by atoms with van der Waals surface area (Å²) in [7, 11) is 1.42. The van der Waals surface area contributed by atoms with Crippen molar-refractivity contribution in [2.45, 2.75) is 18.6 Å². The van der Waals surface area contributed by atoms with Crippen molar-refractivity contribution < 1.29 is 14.2 Å². The Bertz CT molecular complexity index is 413. The fourth-order valence-corrected chi connectivity index (χ4v) is 1.57. The Hall–Kier alpha value is -1.69. The first-order chi connectivity index (χ1) is 7.63. The van der Waals surface area contributed by atoms with Crippen LogP contribution in [0.3, 0.4) is 0 Å². The van der Waals surface area contributed by atoms with Gasteiger partial charge in [-0.3, -0.25) is 15.0 Å². The summed E-state index contributed by atoms with van der Waals surface area (Å²) in [6.07, 6.45) is -0.518. The predicted molar refractivity (Wildman–Crippen MR) is 55.9 cm³/mol. The van der Waals surface area contributed by atoms with Gasteiger partial charge >= 0.3 is 0 Å². The maximum Gasteiger partial charge on any atom is 0.271 e. The Labute approximate surface area is 91.5 Å². The average molecular weight is 226 g/mol. The van der Waals surface area contributed by atoms with Crippen LogP contribution in [-0.2, 0) is 4.84 Å². The number of nitro benzene ring substituents is 1. The predicted octanol–water partition coefficient (Wildman–Crippen LogP) is 2.07. The van der Waals surface area contributed by atoms with Crippen molar-refractivity contribution in [3.8, 4) is 0 Å². The van der Waals surface area contributed by atoms with Gasteiger partial charge in [0, 0.05) is 18.6 Å². The topological polar surface area (TPSA) is 55.6 Å². The molecular weight excluding hydrogens is 215 g/mol. The third-order valence-electron chi connectivity index (χ3n) is 2.47. The highest BCUT2D eigenvalue weighted by Gasteiger charge is 2.43. The molecule has 0 N–H and O–H groups in total. The Balaban J connectivity index is 2.24. The number of alkyl halides is 1. The number of hydrogen-bond acceptors (Lipinski definition) is 4. The lowest BCUT2D eigenvalue weighted by atomic mass is 10.3. The van der Waals surface area contributed by atoms with Gasteiger partial charge in [-0.2, -0.15) is 0 Å². The summed E-state index contributed by atoms with van der Waals surface area (Å²) in [6.45, 7) is 0. The van der Waals surface area contributed by atoms with Gasteiger partial charge in [-0.05, 0) is 6.07 Å². The summed E-state index contributed by atoms with van der Waals surface area (Å²) in [5, 5.41) is 12.0. The van der Waals surface area contributed by atoms with Crippen LogP contribution in [0.2, 0.25) is 0 Å². The maximum absolute atomic E-state index is 12.9. The largest absolute Gasteiger partial charge is 0.276 e. The molecule has 1 aromatic carbocycles. The van der Waals surface area contributed by atoms with Crippen LogP contribution < -0.4 is 5.06 Å². The van der Waals surface area contributed by atoms with E-state index in [0.29, 0.717) is 12.1 Å². The van der Waals surface area contributed by atoms with E-state index in [1.54, 1.807) is 12.1 Å². The zero-order chi connectivity index (χ0) is 11.7. The average Bonchev–Trinajstić information content (AvgIpc) is 2.97. The van der Waals surface area contributed by atoms with E-state index in [0.717, 1.165) is 0 Å². The molecule has 16 heavy (non-hydrogen) atoms. The highest BCUT2D eigenvalue weighted by Crippen LogP contribution is 2.35. The van der Waals surface area contributed by atoms with Crippen LogP contribution in [0, 0.1) is 10.1 Å². The number of halogens is 1. The quantitative estimate of drug-likeness (QED) is 0.582. The number of hydrogen-bond donors (Lipinski definition) is 0. The smallest absolute Gasteiger partial charge is 0.271 e. The molecule has 5 nitrogen and oxygen atoms in total. The Kier molecular flexibility index (Phi) is 2.74. The zero-order valence-electron chi connectivity index (χ0n) is 8.67. The Morgan fingerprint density at radius 2 is 2.31 bits per heavy atom. The molecule has 0 spiro atoms. The minimum Gasteiger partial charge on any atom is -0.276 e. The van der Waals surface area contributed by atoms with Crippen LogP contribution in [0.1, 0.15) is 6.42 Å². The summed E-state index contributed by atoms with van der Waals surface area (Å²) >= 11 is 0. The van der Waals surface area contributed by atoms with Gasteiger partial charge in [-0.15, -0.1) is 0 Å². The van der Waals surface area contributed by atoms with Gasteiger partial charge < -0.3 is 0 Å². The van der Waals surface area contributed by atoms with E-state index >= 15 is 0 Å². The van der Waals surface area contributed by atoms with Crippen LogP contribution in [0.4, 0.5) is 15.8 Å². The molecule has 2 atom stereocenters. The highest BCUT2D eigenvalue weighted by molar-refractivity contribution is 5.53. The molecule has 0 aliphatic heterocycles. The summed E-state index contributed by atoms with van der Waals surface area (Å²) in [5.74, 6) is 0. The molecular formula is C10H11FN2O3. The monoisotopic (exact) mass is 226 g/mol. The molecule has 0 saturated heterocycles. The van der Waals surface area contributed by atoms with Crippen molar-refractivity contribution in [2.24, 2.45) is 0 Å². The molecule has 1 aliphatic rings. The minimum absolute atomic E-state index is 0.0318. The van der Waals surface area contributed by atoms with E-state index in [2.05, 4.69) is 0 Å². The van der Waals surface area contributed by atoms with Gasteiger partial charge in [-0.1, -0.05) is 6.07 Å². The lowest BCUT2D eigenvalue weighted by Crippen LogP contribution is -2.25. The van der Waals surface area contributed by atoms with E-state index in [4.69, 9.17) is 4.84 Å². The number of nitro groups is 1. The molecule has 2 rings (SSSR count). The van der Waals surface area contributed by atoms with Crippen LogP contribution in [0.15, 0.2) is 24.3 Å². The van der Waals surface area contributed by atoms with Crippen LogP contribution in [0.25, 0.3) is 0 Å². The number of anilines is 1. The summed E-state index contributed by atoms with van der Waals surface area (Å²) in [4.78, 5) is 15.1. The van der Waals surface area contributed by atoms with Gasteiger partial charge in [0.15, 0.2) is 0 Å². The number of nitrogens with zero attached hydrogens (tertiary/aromatic N) is 2. The van der Waals surface area contributed by atoms with Crippen molar-refractivity contribution in [3.63, 3.8) is 0 Å². The molecule has 0 bridgehead atoms. The van der Waals surface area contributed by atoms with Crippen molar-refractivity contribution in [1.82, 2.24) is 0 Å². The SMILES string of the molecule is CON(c1cccc([N+](=O)[O-])c1)C1CC1F. The standard InChI is InChI=1S/C10H11FN2O3/c1-16-12(10-6-9(10)11)7-3-2-4-8(5-7)13(14)15/h2-5,9-10H,6H2,1H3. The van der Waals surface area contributed by atoms with Crippen molar-refractivity contribution >= 4 is 11.4 Å². The van der Waals surface area contributed by atoms with Crippen molar-refractivity contribution in [3.05, 3.63) is 34.4 Å². The van der Waals surface area contributed by atoms with Gasteiger partial charge in [0.05, 0.1) is 23.8 Å². The number of benzene rings is 1. The van der Waals surface area contributed by atoms with Crippen molar-refractivity contribution in [1.29, 1.82) is 0 Å². The summed E-state index contributed by atoms with van der Waals surface area (Å²) in [6, 6.07) is 5.63. The fraction of sp³-hybridized carbons (Fsp3) is 0.400. The number of rotatable bonds is 4. The van der Waals surface area contributed by atoms with Gasteiger partial charge in [0.2, 0.25) is 0 Å². The van der Waals surface area contributed by atoms with E-state index in [1.165, 1.54) is 24.3 Å². The lowest BCUT2D eigenvalue weighted by molar-refractivity contribution is -0.384. The zero-order valence-corrected chi connectivity index (χ0v) is 8.67. The third kappa shape index (κ3) is 1.96. The Morgan fingerprint density at radius 3 is 2.81 bits per heavy atom. The minimum atomic E-state index is -0.917. The number of hydroxylamine groups is 1. The molecule has 0 amide bonds. The van der Waals surface area contributed by atoms with Gasteiger partial charge in [0.25, 0.3) is 5.69 Å². The van der Waals surface area contributed by atoms with Crippen LogP contribution in [-0.4, -0.2) is 24.2 Å². The van der Waals surface area contributed by atoms with E-state index in [1.807, 2.05) is 0 Å². The third-order valence-corrected chi connectivity index (χ3v) is 2.47. The molecule has 1 saturated carbocycles. The van der Waals surface area contributed by atoms with Crippen molar-refractivity contribution in [2.75, 3.05) is 12.2 Å². The first-order valence-electron chi connectivity index (χ1n) is 4.85. The maximum atomic E-state index is 12.9. The van der Waals surface area contributed by atoms with Crippen LogP contribution in [0.5, 0.6) is 0 Å². The summed E-state index contributed by atoms with van der Waals surface area (Å²) < 4.78 is 12.9. The lowest BCUT2D eigenvalue weighted by Gasteiger charge is -2.20. The highest BCUT2D eigenvalue weighted by atomic mass is 19.1. The molecule has 1 fully saturated rings. The molecule has 1 aromatic rings. The second kappa shape index (κ2) is 4.05. The fourth-order valence-electron chi connectivity index (χ4n) is 1.57.